The van der Waals surface area contributed by atoms with Crippen molar-refractivity contribution in [3.05, 3.63) is 12.7 Å². The Labute approximate surface area is 97.4 Å². The maximum atomic E-state index is 11.2. The first-order chi connectivity index (χ1) is 7.67. The molecule has 16 heavy (non-hydrogen) atoms. The molecule has 1 aliphatic heterocycles. The van der Waals surface area contributed by atoms with E-state index in [9.17, 15) is 4.79 Å². The summed E-state index contributed by atoms with van der Waals surface area (Å²) >= 11 is 0. The van der Waals surface area contributed by atoms with Crippen LogP contribution in [0.1, 0.15) is 26.7 Å². The van der Waals surface area contributed by atoms with Crippen molar-refractivity contribution in [3.63, 3.8) is 0 Å². The van der Waals surface area contributed by atoms with Crippen molar-refractivity contribution in [1.29, 1.82) is 0 Å². The summed E-state index contributed by atoms with van der Waals surface area (Å²) < 4.78 is 5.38. The van der Waals surface area contributed by atoms with Crippen LogP contribution in [0.3, 0.4) is 0 Å². The number of carbonyl (C=O) groups excluding carboxylic acids is 1. The van der Waals surface area contributed by atoms with Gasteiger partial charge in [-0.3, -0.25) is 4.79 Å². The predicted octanol–water partition coefficient (Wildman–Crippen LogP) is 0.834. The van der Waals surface area contributed by atoms with Gasteiger partial charge in [0.2, 0.25) is 5.91 Å². The van der Waals surface area contributed by atoms with Crippen LogP contribution in [-0.2, 0) is 9.53 Å². The highest BCUT2D eigenvalue weighted by Gasteiger charge is 2.29. The number of hydrogen-bond donors (Lipinski definition) is 2. The van der Waals surface area contributed by atoms with E-state index in [0.29, 0.717) is 19.3 Å². The van der Waals surface area contributed by atoms with E-state index >= 15 is 0 Å². The molecule has 1 rings (SSSR count). The van der Waals surface area contributed by atoms with E-state index in [2.05, 4.69) is 31.1 Å². The van der Waals surface area contributed by atoms with E-state index in [1.807, 2.05) is 0 Å². The number of nitrogens with one attached hydrogen (secondary N) is 2. The van der Waals surface area contributed by atoms with Crippen LogP contribution in [0.15, 0.2) is 12.7 Å². The van der Waals surface area contributed by atoms with Crippen LogP contribution < -0.4 is 10.6 Å². The van der Waals surface area contributed by atoms with Crippen LogP contribution in [0.25, 0.3) is 0 Å². The van der Waals surface area contributed by atoms with Gasteiger partial charge in [0.1, 0.15) is 0 Å². The molecule has 0 aliphatic carbocycles. The molecule has 4 heteroatoms. The lowest BCUT2D eigenvalue weighted by atomic mass is 10.1. The van der Waals surface area contributed by atoms with Crippen molar-refractivity contribution in [2.45, 2.75) is 44.8 Å². The molecule has 0 saturated carbocycles. The van der Waals surface area contributed by atoms with E-state index in [4.69, 9.17) is 4.74 Å². The molecule has 1 unspecified atom stereocenters. The lowest BCUT2D eigenvalue weighted by Crippen LogP contribution is -2.51. The lowest BCUT2D eigenvalue weighted by Gasteiger charge is -2.23. The Morgan fingerprint density at radius 3 is 2.88 bits per heavy atom. The molecule has 0 radical (unpaired) electrons. The van der Waals surface area contributed by atoms with Gasteiger partial charge in [0.05, 0.1) is 25.3 Å². The Hall–Kier alpha value is -0.870. The van der Waals surface area contributed by atoms with E-state index < -0.39 is 0 Å². The molecule has 0 spiro atoms. The molecule has 1 amide bonds. The van der Waals surface area contributed by atoms with Gasteiger partial charge in [0.15, 0.2) is 0 Å². The Morgan fingerprint density at radius 1 is 1.56 bits per heavy atom. The monoisotopic (exact) mass is 226 g/mol. The van der Waals surface area contributed by atoms with Crippen LogP contribution in [0.2, 0.25) is 0 Å². The summed E-state index contributed by atoms with van der Waals surface area (Å²) in [6.07, 6.45) is 3.59. The molecule has 1 heterocycles. The summed E-state index contributed by atoms with van der Waals surface area (Å²) in [6.45, 7) is 9.01. The summed E-state index contributed by atoms with van der Waals surface area (Å²) in [4.78, 5) is 11.2. The molecule has 0 aromatic heterocycles. The smallest absolute Gasteiger partial charge is 0.243 e. The van der Waals surface area contributed by atoms with Crippen LogP contribution in [-0.4, -0.2) is 37.2 Å². The van der Waals surface area contributed by atoms with Gasteiger partial charge >= 0.3 is 0 Å². The van der Waals surface area contributed by atoms with Gasteiger partial charge in [-0.25, -0.2) is 0 Å². The SMILES string of the molecule is C=CC(=O)N[C@H]1COC[C@H]1NC(C)CCC. The van der Waals surface area contributed by atoms with E-state index in [-0.39, 0.29) is 18.0 Å². The lowest BCUT2D eigenvalue weighted by molar-refractivity contribution is -0.117. The second-order valence-corrected chi connectivity index (χ2v) is 4.32. The van der Waals surface area contributed by atoms with Gasteiger partial charge in [-0.1, -0.05) is 19.9 Å². The molecule has 1 aliphatic rings. The van der Waals surface area contributed by atoms with Crippen LogP contribution in [0.4, 0.5) is 0 Å². The minimum Gasteiger partial charge on any atom is -0.378 e. The molecule has 1 fully saturated rings. The molecule has 0 bridgehead atoms. The normalized spacial score (nSPS) is 26.4. The molecule has 0 aromatic rings. The summed E-state index contributed by atoms with van der Waals surface area (Å²) in [5.41, 5.74) is 0. The van der Waals surface area contributed by atoms with Crippen molar-refractivity contribution in [2.24, 2.45) is 0 Å². The van der Waals surface area contributed by atoms with E-state index in [0.717, 1.165) is 12.8 Å². The fourth-order valence-corrected chi connectivity index (χ4v) is 1.98. The number of hydrogen-bond acceptors (Lipinski definition) is 3. The quantitative estimate of drug-likeness (QED) is 0.660. The summed E-state index contributed by atoms with van der Waals surface area (Å²) in [6, 6.07) is 0.732. The second kappa shape index (κ2) is 6.66. The first-order valence-corrected chi connectivity index (χ1v) is 5.94. The van der Waals surface area contributed by atoms with Crippen molar-refractivity contribution < 1.29 is 9.53 Å². The maximum absolute atomic E-state index is 11.2. The summed E-state index contributed by atoms with van der Waals surface area (Å²) in [5, 5.41) is 6.37. The zero-order valence-electron chi connectivity index (χ0n) is 10.2. The third-order valence-electron chi connectivity index (χ3n) is 2.81. The molecule has 0 aromatic carbocycles. The molecule has 4 nitrogen and oxygen atoms in total. The van der Waals surface area contributed by atoms with Crippen molar-refractivity contribution in [3.8, 4) is 0 Å². The van der Waals surface area contributed by atoms with Gasteiger partial charge in [0, 0.05) is 6.04 Å². The second-order valence-electron chi connectivity index (χ2n) is 4.32. The third-order valence-corrected chi connectivity index (χ3v) is 2.81. The maximum Gasteiger partial charge on any atom is 0.243 e. The molecule has 3 atom stereocenters. The number of amides is 1. The van der Waals surface area contributed by atoms with Gasteiger partial charge in [-0.05, 0) is 19.4 Å². The van der Waals surface area contributed by atoms with Crippen LogP contribution in [0, 0.1) is 0 Å². The topological polar surface area (TPSA) is 50.4 Å². The highest BCUT2D eigenvalue weighted by Crippen LogP contribution is 2.08. The van der Waals surface area contributed by atoms with Crippen molar-refractivity contribution in [2.75, 3.05) is 13.2 Å². The predicted molar refractivity (Wildman–Crippen MR) is 64.2 cm³/mol. The van der Waals surface area contributed by atoms with Crippen LogP contribution in [0.5, 0.6) is 0 Å². The highest BCUT2D eigenvalue weighted by molar-refractivity contribution is 5.87. The Bertz CT molecular complexity index is 243. The number of carbonyl (C=O) groups is 1. The van der Waals surface area contributed by atoms with E-state index in [1.165, 1.54) is 6.08 Å². The van der Waals surface area contributed by atoms with Crippen molar-refractivity contribution >= 4 is 5.91 Å². The standard InChI is InChI=1S/C12H22N2O2/c1-4-6-9(3)13-10-7-16-8-11(10)14-12(15)5-2/h5,9-11,13H,2,4,6-8H2,1,3H3,(H,14,15)/t9?,10-,11+/m1/s1. The highest BCUT2D eigenvalue weighted by atomic mass is 16.5. The molecular formula is C12H22N2O2. The van der Waals surface area contributed by atoms with Crippen LogP contribution >= 0.6 is 0 Å². The van der Waals surface area contributed by atoms with Gasteiger partial charge < -0.3 is 15.4 Å². The molecule has 92 valence electrons. The van der Waals surface area contributed by atoms with Gasteiger partial charge in [0.25, 0.3) is 0 Å². The fourth-order valence-electron chi connectivity index (χ4n) is 1.98. The van der Waals surface area contributed by atoms with Gasteiger partial charge in [-0.15, -0.1) is 0 Å². The summed E-state index contributed by atoms with van der Waals surface area (Å²) in [7, 11) is 0. The third kappa shape index (κ3) is 3.94. The Morgan fingerprint density at radius 2 is 2.25 bits per heavy atom. The average molecular weight is 226 g/mol. The molecule has 2 N–H and O–H groups in total. The zero-order valence-corrected chi connectivity index (χ0v) is 10.2. The Kier molecular flexibility index (Phi) is 5.49. The van der Waals surface area contributed by atoms with Gasteiger partial charge in [-0.2, -0.15) is 0 Å². The Balaban J connectivity index is 2.39. The zero-order chi connectivity index (χ0) is 12.0. The average Bonchev–Trinajstić information content (AvgIpc) is 2.66. The number of rotatable bonds is 6. The van der Waals surface area contributed by atoms with E-state index in [1.54, 1.807) is 0 Å². The first-order valence-electron chi connectivity index (χ1n) is 5.94. The minimum absolute atomic E-state index is 0.0600. The fraction of sp³-hybridized carbons (Fsp3) is 0.750. The van der Waals surface area contributed by atoms with Crippen molar-refractivity contribution in [1.82, 2.24) is 10.6 Å². The minimum atomic E-state index is -0.134. The largest absolute Gasteiger partial charge is 0.378 e. The number of ether oxygens (including phenoxy) is 1. The first kappa shape index (κ1) is 13.2. The summed E-state index contributed by atoms with van der Waals surface area (Å²) in [5.74, 6) is -0.134. The molecule has 1 saturated heterocycles. The molecular weight excluding hydrogens is 204 g/mol.